The Morgan fingerprint density at radius 1 is 1.19 bits per heavy atom. The molecule has 0 spiro atoms. The topological polar surface area (TPSA) is 72.9 Å². The molecule has 2 aromatic carbocycles. The van der Waals surface area contributed by atoms with Crippen molar-refractivity contribution >= 4 is 33.3 Å². The largest absolute Gasteiger partial charge is 0.495 e. The Bertz CT molecular complexity index is 887. The molecule has 0 atom stereocenters. The molecule has 2 aromatic rings. The summed E-state index contributed by atoms with van der Waals surface area (Å²) in [6.07, 6.45) is 0. The number of ether oxygens (including phenoxy) is 2. The van der Waals surface area contributed by atoms with Crippen molar-refractivity contribution in [2.45, 2.75) is 11.8 Å². The van der Waals surface area contributed by atoms with E-state index in [1.54, 1.807) is 6.92 Å². The number of carbonyl (C=O) groups excluding carboxylic acids is 1. The highest BCUT2D eigenvalue weighted by Crippen LogP contribution is 2.30. The number of esters is 1. The zero-order valence-corrected chi connectivity index (χ0v) is 15.7. The Morgan fingerprint density at radius 3 is 2.38 bits per heavy atom. The number of rotatable bonds is 7. The van der Waals surface area contributed by atoms with Gasteiger partial charge in [0.2, 0.25) is 0 Å². The fourth-order valence-electron chi connectivity index (χ4n) is 2.18. The van der Waals surface area contributed by atoms with Gasteiger partial charge in [-0.15, -0.1) is 0 Å². The smallest absolute Gasteiger partial charge is 0.326 e. The lowest BCUT2D eigenvalue weighted by molar-refractivity contribution is -0.141. The van der Waals surface area contributed by atoms with Crippen LogP contribution in [-0.2, 0) is 19.6 Å². The van der Waals surface area contributed by atoms with Crippen LogP contribution in [0.15, 0.2) is 47.4 Å². The Kier molecular flexibility index (Phi) is 6.44. The summed E-state index contributed by atoms with van der Waals surface area (Å²) in [4.78, 5) is 11.7. The lowest BCUT2D eigenvalue weighted by Gasteiger charge is -2.24. The van der Waals surface area contributed by atoms with Crippen molar-refractivity contribution in [1.82, 2.24) is 0 Å². The summed E-state index contributed by atoms with van der Waals surface area (Å²) < 4.78 is 50.0. The molecule has 0 aliphatic carbocycles. The number of hydrogen-bond donors (Lipinski definition) is 0. The van der Waals surface area contributed by atoms with Crippen molar-refractivity contribution in [3.8, 4) is 5.75 Å². The maximum absolute atomic E-state index is 13.2. The molecule has 0 radical (unpaired) electrons. The minimum absolute atomic E-state index is 0.101. The van der Waals surface area contributed by atoms with Crippen LogP contribution in [0, 0.1) is 5.82 Å². The highest BCUT2D eigenvalue weighted by atomic mass is 35.5. The Balaban J connectivity index is 2.49. The fourth-order valence-corrected chi connectivity index (χ4v) is 3.94. The number of methoxy groups -OCH3 is 1. The fraction of sp³-hybridized carbons (Fsp3) is 0.235. The molecule has 2 rings (SSSR count). The van der Waals surface area contributed by atoms with E-state index < -0.39 is 28.4 Å². The molecule has 0 aliphatic rings. The van der Waals surface area contributed by atoms with Crippen molar-refractivity contribution in [2.75, 3.05) is 24.6 Å². The van der Waals surface area contributed by atoms with Gasteiger partial charge in [-0.05, 0) is 49.4 Å². The predicted molar refractivity (Wildman–Crippen MR) is 95.6 cm³/mol. The number of nitrogens with zero attached hydrogens (tertiary/aromatic N) is 1. The van der Waals surface area contributed by atoms with Crippen LogP contribution in [0.5, 0.6) is 5.75 Å². The summed E-state index contributed by atoms with van der Waals surface area (Å²) in [6.45, 7) is 1.15. The van der Waals surface area contributed by atoms with E-state index in [-0.39, 0.29) is 22.2 Å². The van der Waals surface area contributed by atoms with Gasteiger partial charge in [0.25, 0.3) is 10.0 Å². The van der Waals surface area contributed by atoms with Gasteiger partial charge in [0, 0.05) is 0 Å². The molecule has 6 nitrogen and oxygen atoms in total. The summed E-state index contributed by atoms with van der Waals surface area (Å²) in [5.74, 6) is -0.959. The van der Waals surface area contributed by atoms with E-state index in [2.05, 4.69) is 0 Å². The van der Waals surface area contributed by atoms with Gasteiger partial charge in [-0.2, -0.15) is 0 Å². The minimum atomic E-state index is -4.16. The molecule has 0 bridgehead atoms. The second kappa shape index (κ2) is 8.37. The van der Waals surface area contributed by atoms with Crippen LogP contribution in [0.3, 0.4) is 0 Å². The van der Waals surface area contributed by atoms with Crippen molar-refractivity contribution in [2.24, 2.45) is 0 Å². The first-order valence-corrected chi connectivity index (χ1v) is 9.39. The van der Waals surface area contributed by atoms with Crippen LogP contribution in [-0.4, -0.2) is 34.6 Å². The first-order chi connectivity index (χ1) is 12.3. The van der Waals surface area contributed by atoms with Crippen LogP contribution in [0.25, 0.3) is 0 Å². The van der Waals surface area contributed by atoms with E-state index in [1.807, 2.05) is 0 Å². The molecule has 0 aliphatic heterocycles. The zero-order chi connectivity index (χ0) is 19.3. The summed E-state index contributed by atoms with van der Waals surface area (Å²) in [5, 5.41) is 0.101. The molecule has 140 valence electrons. The van der Waals surface area contributed by atoms with Crippen molar-refractivity contribution in [3.63, 3.8) is 0 Å². The van der Waals surface area contributed by atoms with Crippen LogP contribution < -0.4 is 9.04 Å². The van der Waals surface area contributed by atoms with E-state index in [1.165, 1.54) is 37.4 Å². The standard InChI is InChI=1S/C17H17ClFNO5S/c1-3-25-17(21)11-20(13-6-4-12(19)5-7-13)26(22,23)14-8-9-16(24-2)15(18)10-14/h4-10H,3,11H2,1-2H3. The van der Waals surface area contributed by atoms with Gasteiger partial charge in [-0.1, -0.05) is 11.6 Å². The van der Waals surface area contributed by atoms with Crippen molar-refractivity contribution in [1.29, 1.82) is 0 Å². The molecule has 0 amide bonds. The lowest BCUT2D eigenvalue weighted by atomic mass is 10.3. The van der Waals surface area contributed by atoms with E-state index in [9.17, 15) is 17.6 Å². The third-order valence-corrected chi connectivity index (χ3v) is 5.47. The average molecular weight is 402 g/mol. The van der Waals surface area contributed by atoms with Crippen LogP contribution in [0.2, 0.25) is 5.02 Å². The molecule has 0 N–H and O–H groups in total. The average Bonchev–Trinajstić information content (AvgIpc) is 2.60. The molecule has 9 heteroatoms. The minimum Gasteiger partial charge on any atom is -0.495 e. The third-order valence-electron chi connectivity index (χ3n) is 3.40. The van der Waals surface area contributed by atoms with Gasteiger partial charge in [0.05, 0.1) is 29.3 Å². The SMILES string of the molecule is CCOC(=O)CN(c1ccc(F)cc1)S(=O)(=O)c1ccc(OC)c(Cl)c1. The van der Waals surface area contributed by atoms with Gasteiger partial charge < -0.3 is 9.47 Å². The molecule has 0 fully saturated rings. The second-order valence-corrected chi connectivity index (χ2v) is 7.36. The van der Waals surface area contributed by atoms with Gasteiger partial charge in [-0.25, -0.2) is 12.8 Å². The second-order valence-electron chi connectivity index (χ2n) is 5.09. The molecule has 0 aromatic heterocycles. The van der Waals surface area contributed by atoms with Gasteiger partial charge in [0.1, 0.15) is 18.1 Å². The summed E-state index contributed by atoms with van der Waals surface area (Å²) >= 11 is 6.01. The summed E-state index contributed by atoms with van der Waals surface area (Å²) in [7, 11) is -2.75. The summed E-state index contributed by atoms with van der Waals surface area (Å²) in [5.41, 5.74) is 0.117. The van der Waals surface area contributed by atoms with E-state index in [0.29, 0.717) is 5.75 Å². The number of hydrogen-bond acceptors (Lipinski definition) is 5. The highest BCUT2D eigenvalue weighted by Gasteiger charge is 2.28. The molecule has 0 saturated heterocycles. The van der Waals surface area contributed by atoms with E-state index in [0.717, 1.165) is 16.4 Å². The molecule has 0 heterocycles. The maximum atomic E-state index is 13.2. The molecule has 0 unspecified atom stereocenters. The van der Waals surface area contributed by atoms with Crippen LogP contribution in [0.4, 0.5) is 10.1 Å². The third kappa shape index (κ3) is 4.44. The monoisotopic (exact) mass is 401 g/mol. The number of carbonyl (C=O) groups is 1. The van der Waals surface area contributed by atoms with Gasteiger partial charge >= 0.3 is 5.97 Å². The normalized spacial score (nSPS) is 11.1. The Hall–Kier alpha value is -2.32. The summed E-state index contributed by atoms with van der Waals surface area (Å²) in [6, 6.07) is 8.66. The van der Waals surface area contributed by atoms with Crippen molar-refractivity contribution in [3.05, 3.63) is 53.3 Å². The maximum Gasteiger partial charge on any atom is 0.326 e. The number of benzene rings is 2. The Labute approximate surface area is 156 Å². The molecule has 26 heavy (non-hydrogen) atoms. The van der Waals surface area contributed by atoms with Crippen LogP contribution in [0.1, 0.15) is 6.92 Å². The Morgan fingerprint density at radius 2 is 1.85 bits per heavy atom. The predicted octanol–water partition coefficient (Wildman–Crippen LogP) is 3.25. The highest BCUT2D eigenvalue weighted by molar-refractivity contribution is 7.92. The lowest BCUT2D eigenvalue weighted by Crippen LogP contribution is -2.36. The zero-order valence-electron chi connectivity index (χ0n) is 14.1. The quantitative estimate of drug-likeness (QED) is 0.666. The van der Waals surface area contributed by atoms with Crippen LogP contribution >= 0.6 is 11.6 Å². The first kappa shape index (κ1) is 20.0. The van der Waals surface area contributed by atoms with Gasteiger partial charge in [0.15, 0.2) is 0 Å². The number of anilines is 1. The number of sulfonamides is 1. The van der Waals surface area contributed by atoms with Gasteiger partial charge in [-0.3, -0.25) is 9.10 Å². The molecule has 0 saturated carbocycles. The number of halogens is 2. The van der Waals surface area contributed by atoms with Crippen molar-refractivity contribution < 1.29 is 27.1 Å². The molecular weight excluding hydrogens is 385 g/mol. The first-order valence-electron chi connectivity index (χ1n) is 7.57. The van der Waals surface area contributed by atoms with E-state index in [4.69, 9.17) is 21.1 Å². The van der Waals surface area contributed by atoms with E-state index >= 15 is 0 Å². The molecular formula is C17H17ClFNO5S.